The molecule has 1 saturated carbocycles. The highest BCUT2D eigenvalue weighted by molar-refractivity contribution is 7.92. The average Bonchev–Trinajstić information content (AvgIpc) is 3.53. The maximum Gasteiger partial charge on any atom is 0.264 e. The Bertz CT molecular complexity index is 1480. The Morgan fingerprint density at radius 3 is 2.24 bits per heavy atom. The zero-order valence-corrected chi connectivity index (χ0v) is 24.6. The summed E-state index contributed by atoms with van der Waals surface area (Å²) >= 11 is 0. The lowest BCUT2D eigenvalue weighted by Crippen LogP contribution is -2.53. The number of fused-ring (bicyclic) bond motifs is 1. The van der Waals surface area contributed by atoms with Gasteiger partial charge in [-0.05, 0) is 56.0 Å². The Morgan fingerprint density at radius 1 is 0.905 bits per heavy atom. The molecule has 1 aliphatic heterocycles. The van der Waals surface area contributed by atoms with Gasteiger partial charge in [0.2, 0.25) is 11.8 Å². The molecule has 10 heteroatoms. The van der Waals surface area contributed by atoms with E-state index in [1.165, 1.54) is 17.0 Å². The Hall–Kier alpha value is -4.05. The lowest BCUT2D eigenvalue weighted by molar-refractivity contribution is -0.139. The van der Waals surface area contributed by atoms with E-state index in [-0.39, 0.29) is 29.1 Å². The van der Waals surface area contributed by atoms with Crippen molar-refractivity contribution in [3.63, 3.8) is 0 Å². The van der Waals surface area contributed by atoms with E-state index < -0.39 is 28.5 Å². The van der Waals surface area contributed by atoms with Crippen molar-refractivity contribution in [2.45, 2.75) is 56.0 Å². The minimum absolute atomic E-state index is 0.0514. The molecule has 1 atom stereocenters. The maximum absolute atomic E-state index is 14.1. The second-order valence-electron chi connectivity index (χ2n) is 10.6. The van der Waals surface area contributed by atoms with Crippen molar-refractivity contribution in [2.75, 3.05) is 30.6 Å². The molecular weight excluding hydrogens is 554 g/mol. The van der Waals surface area contributed by atoms with Crippen LogP contribution < -0.4 is 19.1 Å². The molecule has 3 aromatic rings. The molecule has 2 aliphatic rings. The molecule has 1 heterocycles. The third-order valence-electron chi connectivity index (χ3n) is 7.78. The lowest BCUT2D eigenvalue weighted by Gasteiger charge is -2.32. The van der Waals surface area contributed by atoms with Gasteiger partial charge in [-0.15, -0.1) is 0 Å². The number of anilines is 1. The summed E-state index contributed by atoms with van der Waals surface area (Å²) in [6, 6.07) is 21.8. The van der Waals surface area contributed by atoms with E-state index in [1.807, 2.05) is 30.3 Å². The number of hydrogen-bond acceptors (Lipinski definition) is 6. The van der Waals surface area contributed by atoms with Gasteiger partial charge in [-0.3, -0.25) is 13.9 Å². The molecule has 9 nitrogen and oxygen atoms in total. The summed E-state index contributed by atoms with van der Waals surface area (Å²) in [5, 5.41) is 3.09. The van der Waals surface area contributed by atoms with Crippen LogP contribution in [0.25, 0.3) is 0 Å². The van der Waals surface area contributed by atoms with Crippen LogP contribution in [0, 0.1) is 0 Å². The van der Waals surface area contributed by atoms with Crippen LogP contribution in [0.4, 0.5) is 5.69 Å². The molecule has 42 heavy (non-hydrogen) atoms. The Kier molecular flexibility index (Phi) is 9.31. The first-order chi connectivity index (χ1) is 20.3. The van der Waals surface area contributed by atoms with E-state index in [1.54, 1.807) is 43.3 Å². The highest BCUT2D eigenvalue weighted by Crippen LogP contribution is 2.36. The molecule has 1 fully saturated rings. The summed E-state index contributed by atoms with van der Waals surface area (Å²) in [5.74, 6) is 0.203. The fraction of sp³-hybridized carbons (Fsp3) is 0.375. The summed E-state index contributed by atoms with van der Waals surface area (Å²) in [4.78, 5) is 28.9. The molecule has 1 aliphatic carbocycles. The van der Waals surface area contributed by atoms with Gasteiger partial charge >= 0.3 is 0 Å². The van der Waals surface area contributed by atoms with E-state index in [4.69, 9.17) is 9.47 Å². The van der Waals surface area contributed by atoms with Crippen LogP contribution in [0.5, 0.6) is 11.5 Å². The molecule has 1 N–H and O–H groups in total. The highest BCUT2D eigenvalue weighted by Gasteiger charge is 2.33. The molecule has 0 spiro atoms. The first-order valence-corrected chi connectivity index (χ1v) is 15.9. The molecule has 0 bridgehead atoms. The second kappa shape index (κ2) is 13.3. The number of hydrogen-bond donors (Lipinski definition) is 1. The van der Waals surface area contributed by atoms with E-state index >= 15 is 0 Å². The van der Waals surface area contributed by atoms with Gasteiger partial charge in [-0.25, -0.2) is 8.42 Å². The average molecular weight is 592 g/mol. The quantitative estimate of drug-likeness (QED) is 0.359. The molecule has 0 saturated heterocycles. The number of ether oxygens (including phenoxy) is 2. The standard InChI is InChI=1S/C32H37N3O6S/c1-24(32(37)33-26-12-8-9-13-26)34(19-18-25-10-4-2-5-11-25)31(36)23-35(42(38,39)28-14-6-3-7-15-28)27-16-17-29-30(22-27)41-21-20-40-29/h2-7,10-11,14-17,22,24,26H,8-9,12-13,18-21,23H2,1H3,(H,33,37)/t24-/m0/s1. The van der Waals surface area contributed by atoms with Crippen LogP contribution in [0.15, 0.2) is 83.8 Å². The molecule has 0 radical (unpaired) electrons. The van der Waals surface area contributed by atoms with Gasteiger partial charge < -0.3 is 19.7 Å². The predicted octanol–water partition coefficient (Wildman–Crippen LogP) is 4.17. The lowest BCUT2D eigenvalue weighted by atomic mass is 10.1. The summed E-state index contributed by atoms with van der Waals surface area (Å²) in [6.45, 7) is 2.19. The first kappa shape index (κ1) is 29.4. The number of benzene rings is 3. The summed E-state index contributed by atoms with van der Waals surface area (Å²) in [7, 11) is -4.15. The largest absolute Gasteiger partial charge is 0.486 e. The SMILES string of the molecule is C[C@@H](C(=O)NC1CCCC1)N(CCc1ccccc1)C(=O)CN(c1ccc2c(c1)OCCO2)S(=O)(=O)c1ccccc1. The molecule has 0 aromatic heterocycles. The first-order valence-electron chi connectivity index (χ1n) is 14.4. The number of sulfonamides is 1. The van der Waals surface area contributed by atoms with Crippen LogP contribution in [-0.4, -0.2) is 63.5 Å². The number of carbonyl (C=O) groups excluding carboxylic acids is 2. The van der Waals surface area contributed by atoms with Gasteiger partial charge in [0, 0.05) is 18.7 Å². The van der Waals surface area contributed by atoms with E-state index in [9.17, 15) is 18.0 Å². The Labute approximate surface area is 247 Å². The third-order valence-corrected chi connectivity index (χ3v) is 9.56. The van der Waals surface area contributed by atoms with Crippen LogP contribution >= 0.6 is 0 Å². The van der Waals surface area contributed by atoms with Crippen molar-refractivity contribution >= 4 is 27.5 Å². The number of nitrogens with one attached hydrogen (secondary N) is 1. The van der Waals surface area contributed by atoms with E-state index in [0.29, 0.717) is 31.1 Å². The predicted molar refractivity (Wildman–Crippen MR) is 160 cm³/mol. The molecule has 5 rings (SSSR count). The van der Waals surface area contributed by atoms with Crippen molar-refractivity contribution in [1.82, 2.24) is 10.2 Å². The molecule has 2 amide bonds. The fourth-order valence-corrected chi connectivity index (χ4v) is 6.82. The molecule has 222 valence electrons. The Balaban J connectivity index is 1.45. The fourth-order valence-electron chi connectivity index (χ4n) is 5.40. The van der Waals surface area contributed by atoms with Crippen LogP contribution in [0.3, 0.4) is 0 Å². The van der Waals surface area contributed by atoms with Gasteiger partial charge in [-0.1, -0.05) is 61.4 Å². The van der Waals surface area contributed by atoms with E-state index in [2.05, 4.69) is 5.32 Å². The number of amides is 2. The summed E-state index contributed by atoms with van der Waals surface area (Å²) in [6.07, 6.45) is 4.49. The van der Waals surface area contributed by atoms with Crippen molar-refractivity contribution < 1.29 is 27.5 Å². The van der Waals surface area contributed by atoms with Gasteiger partial charge in [0.1, 0.15) is 25.8 Å². The third kappa shape index (κ3) is 6.87. The maximum atomic E-state index is 14.1. The zero-order chi connectivity index (χ0) is 29.5. The van der Waals surface area contributed by atoms with Crippen molar-refractivity contribution in [1.29, 1.82) is 0 Å². The number of carbonyl (C=O) groups is 2. The van der Waals surface area contributed by atoms with Crippen molar-refractivity contribution in [3.05, 3.63) is 84.4 Å². The van der Waals surface area contributed by atoms with Gasteiger partial charge in [0.25, 0.3) is 10.0 Å². The Morgan fingerprint density at radius 2 is 1.55 bits per heavy atom. The molecule has 0 unspecified atom stereocenters. The van der Waals surface area contributed by atoms with Crippen LogP contribution in [-0.2, 0) is 26.0 Å². The monoisotopic (exact) mass is 591 g/mol. The topological polar surface area (TPSA) is 105 Å². The van der Waals surface area contributed by atoms with E-state index in [0.717, 1.165) is 35.6 Å². The van der Waals surface area contributed by atoms with Crippen LogP contribution in [0.2, 0.25) is 0 Å². The smallest absolute Gasteiger partial charge is 0.264 e. The number of nitrogens with zero attached hydrogens (tertiary/aromatic N) is 2. The van der Waals surface area contributed by atoms with Crippen LogP contribution in [0.1, 0.15) is 38.2 Å². The summed E-state index contributed by atoms with van der Waals surface area (Å²) in [5.41, 5.74) is 1.28. The van der Waals surface area contributed by atoms with Gasteiger partial charge in [-0.2, -0.15) is 0 Å². The second-order valence-corrected chi connectivity index (χ2v) is 12.5. The summed E-state index contributed by atoms with van der Waals surface area (Å²) < 4.78 is 40.4. The van der Waals surface area contributed by atoms with Crippen molar-refractivity contribution in [3.8, 4) is 11.5 Å². The highest BCUT2D eigenvalue weighted by atomic mass is 32.2. The van der Waals surface area contributed by atoms with Gasteiger partial charge in [0.15, 0.2) is 11.5 Å². The minimum atomic E-state index is -4.15. The zero-order valence-electron chi connectivity index (χ0n) is 23.8. The van der Waals surface area contributed by atoms with Crippen molar-refractivity contribution in [2.24, 2.45) is 0 Å². The minimum Gasteiger partial charge on any atom is -0.486 e. The normalized spacial score (nSPS) is 15.5. The van der Waals surface area contributed by atoms with Gasteiger partial charge in [0.05, 0.1) is 10.6 Å². The molecule has 3 aromatic carbocycles. The molecular formula is C32H37N3O6S. The number of rotatable bonds is 11.